The van der Waals surface area contributed by atoms with Gasteiger partial charge in [0.2, 0.25) is 0 Å². The fourth-order valence-electron chi connectivity index (χ4n) is 1.77. The molecule has 98 valence electrons. The molecule has 0 bridgehead atoms. The lowest BCUT2D eigenvalue weighted by molar-refractivity contribution is 0.0599. The Morgan fingerprint density at radius 1 is 1.37 bits per heavy atom. The molecule has 0 fully saturated rings. The van der Waals surface area contributed by atoms with Crippen LogP contribution >= 0.6 is 0 Å². The van der Waals surface area contributed by atoms with Crippen LogP contribution in [0.4, 0.5) is 0 Å². The zero-order chi connectivity index (χ0) is 13.8. The molecule has 2 rings (SSSR count). The Morgan fingerprint density at radius 2 is 2.11 bits per heavy atom. The standard InChI is InChI=1S/C14H14N2O3/c1-10-7-13(17)16(15-8-10)9-11-5-3-4-6-12(11)14(18)19-2/h3-8H,9H2,1-2H3. The van der Waals surface area contributed by atoms with Gasteiger partial charge in [0.05, 0.1) is 25.4 Å². The van der Waals surface area contributed by atoms with Gasteiger partial charge in [0.15, 0.2) is 0 Å². The largest absolute Gasteiger partial charge is 0.465 e. The maximum absolute atomic E-state index is 11.8. The van der Waals surface area contributed by atoms with Crippen molar-refractivity contribution in [2.75, 3.05) is 7.11 Å². The number of methoxy groups -OCH3 is 1. The van der Waals surface area contributed by atoms with Crippen LogP contribution in [0.25, 0.3) is 0 Å². The Kier molecular flexibility index (Phi) is 3.75. The summed E-state index contributed by atoms with van der Waals surface area (Å²) in [4.78, 5) is 23.4. The van der Waals surface area contributed by atoms with Crippen molar-refractivity contribution in [1.29, 1.82) is 0 Å². The molecule has 19 heavy (non-hydrogen) atoms. The highest BCUT2D eigenvalue weighted by atomic mass is 16.5. The number of carbonyl (C=O) groups is 1. The summed E-state index contributed by atoms with van der Waals surface area (Å²) in [6.07, 6.45) is 1.61. The summed E-state index contributed by atoms with van der Waals surface area (Å²) in [6, 6.07) is 8.51. The quantitative estimate of drug-likeness (QED) is 0.780. The van der Waals surface area contributed by atoms with Crippen LogP contribution in [0.5, 0.6) is 0 Å². The topological polar surface area (TPSA) is 61.2 Å². The maximum atomic E-state index is 11.8. The molecule has 1 aromatic carbocycles. The van der Waals surface area contributed by atoms with E-state index in [1.807, 2.05) is 0 Å². The molecule has 0 saturated carbocycles. The van der Waals surface area contributed by atoms with Crippen LogP contribution in [0.1, 0.15) is 21.5 Å². The van der Waals surface area contributed by atoms with Crippen LogP contribution in [-0.2, 0) is 11.3 Å². The van der Waals surface area contributed by atoms with E-state index in [4.69, 9.17) is 4.74 Å². The molecule has 5 heteroatoms. The predicted molar refractivity (Wildman–Crippen MR) is 70.1 cm³/mol. The number of nitrogens with zero attached hydrogens (tertiary/aromatic N) is 2. The van der Waals surface area contributed by atoms with Crippen molar-refractivity contribution in [2.45, 2.75) is 13.5 Å². The molecule has 0 N–H and O–H groups in total. The second-order valence-corrected chi connectivity index (χ2v) is 4.18. The van der Waals surface area contributed by atoms with Gasteiger partial charge >= 0.3 is 5.97 Å². The van der Waals surface area contributed by atoms with Gasteiger partial charge in [-0.1, -0.05) is 18.2 Å². The molecule has 0 aliphatic rings. The van der Waals surface area contributed by atoms with Crippen LogP contribution in [0.2, 0.25) is 0 Å². The Balaban J connectivity index is 2.38. The smallest absolute Gasteiger partial charge is 0.338 e. The van der Waals surface area contributed by atoms with E-state index in [1.54, 1.807) is 37.4 Å². The fourth-order valence-corrected chi connectivity index (χ4v) is 1.77. The van der Waals surface area contributed by atoms with Crippen molar-refractivity contribution < 1.29 is 9.53 Å². The second kappa shape index (κ2) is 5.48. The predicted octanol–water partition coefficient (Wildman–Crippen LogP) is 1.39. The number of benzene rings is 1. The van der Waals surface area contributed by atoms with Gasteiger partial charge in [-0.05, 0) is 24.1 Å². The number of rotatable bonds is 3. The molecule has 0 spiro atoms. The third-order valence-corrected chi connectivity index (χ3v) is 2.75. The van der Waals surface area contributed by atoms with Gasteiger partial charge in [-0.3, -0.25) is 4.79 Å². The van der Waals surface area contributed by atoms with E-state index in [1.165, 1.54) is 17.9 Å². The Morgan fingerprint density at radius 3 is 2.79 bits per heavy atom. The Bertz CT molecular complexity index is 662. The normalized spacial score (nSPS) is 10.2. The van der Waals surface area contributed by atoms with Gasteiger partial charge in [-0.25, -0.2) is 9.48 Å². The molecule has 5 nitrogen and oxygen atoms in total. The summed E-state index contributed by atoms with van der Waals surface area (Å²) >= 11 is 0. The number of hydrogen-bond acceptors (Lipinski definition) is 4. The van der Waals surface area contributed by atoms with Gasteiger partial charge in [-0.2, -0.15) is 5.10 Å². The highest BCUT2D eigenvalue weighted by Crippen LogP contribution is 2.10. The number of aromatic nitrogens is 2. The summed E-state index contributed by atoms with van der Waals surface area (Å²) in [5, 5.41) is 4.05. The summed E-state index contributed by atoms with van der Waals surface area (Å²) < 4.78 is 6.03. The third-order valence-electron chi connectivity index (χ3n) is 2.75. The first-order valence-electron chi connectivity index (χ1n) is 5.82. The number of ether oxygens (including phenoxy) is 1. The second-order valence-electron chi connectivity index (χ2n) is 4.18. The number of esters is 1. The van der Waals surface area contributed by atoms with E-state index in [0.717, 1.165) is 5.56 Å². The SMILES string of the molecule is COC(=O)c1ccccc1Cn1ncc(C)cc1=O. The Labute approximate surface area is 110 Å². The zero-order valence-corrected chi connectivity index (χ0v) is 10.8. The lowest BCUT2D eigenvalue weighted by Gasteiger charge is -2.09. The van der Waals surface area contributed by atoms with Gasteiger partial charge in [-0.15, -0.1) is 0 Å². The van der Waals surface area contributed by atoms with Crippen molar-refractivity contribution in [3.05, 3.63) is 63.6 Å². The third kappa shape index (κ3) is 2.88. The van der Waals surface area contributed by atoms with Crippen LogP contribution in [0.15, 0.2) is 41.3 Å². The number of aryl methyl sites for hydroxylation is 1. The first kappa shape index (κ1) is 13.0. The monoisotopic (exact) mass is 258 g/mol. The van der Waals surface area contributed by atoms with Gasteiger partial charge in [0.1, 0.15) is 0 Å². The summed E-state index contributed by atoms with van der Waals surface area (Å²) in [6.45, 7) is 2.05. The molecule has 2 aromatic rings. The van der Waals surface area contributed by atoms with Gasteiger partial charge in [0, 0.05) is 6.07 Å². The van der Waals surface area contributed by atoms with Crippen molar-refractivity contribution in [1.82, 2.24) is 9.78 Å². The molecule has 0 atom stereocenters. The molecule has 0 amide bonds. The Hall–Kier alpha value is -2.43. The minimum absolute atomic E-state index is 0.195. The summed E-state index contributed by atoms with van der Waals surface area (Å²) in [5.74, 6) is -0.421. The molecule has 0 radical (unpaired) electrons. The molecular weight excluding hydrogens is 244 g/mol. The van der Waals surface area contributed by atoms with Crippen LogP contribution in [-0.4, -0.2) is 22.9 Å². The molecule has 1 aromatic heterocycles. The first-order valence-corrected chi connectivity index (χ1v) is 5.82. The van der Waals surface area contributed by atoms with Crippen LogP contribution in [0, 0.1) is 6.92 Å². The van der Waals surface area contributed by atoms with Crippen LogP contribution < -0.4 is 5.56 Å². The van der Waals surface area contributed by atoms with E-state index in [0.29, 0.717) is 11.1 Å². The average molecular weight is 258 g/mol. The molecule has 0 aliphatic heterocycles. The molecule has 1 heterocycles. The highest BCUT2D eigenvalue weighted by molar-refractivity contribution is 5.90. The van der Waals surface area contributed by atoms with E-state index in [-0.39, 0.29) is 12.1 Å². The lowest BCUT2D eigenvalue weighted by Crippen LogP contribution is -2.23. The molecule has 0 saturated heterocycles. The van der Waals surface area contributed by atoms with E-state index >= 15 is 0 Å². The summed E-state index contributed by atoms with van der Waals surface area (Å²) in [7, 11) is 1.33. The van der Waals surface area contributed by atoms with Crippen molar-refractivity contribution in [3.63, 3.8) is 0 Å². The van der Waals surface area contributed by atoms with Crippen LogP contribution in [0.3, 0.4) is 0 Å². The van der Waals surface area contributed by atoms with Gasteiger partial charge < -0.3 is 4.74 Å². The number of carbonyl (C=O) groups excluding carboxylic acids is 1. The maximum Gasteiger partial charge on any atom is 0.338 e. The van der Waals surface area contributed by atoms with Gasteiger partial charge in [0.25, 0.3) is 5.56 Å². The fraction of sp³-hybridized carbons (Fsp3) is 0.214. The average Bonchev–Trinajstić information content (AvgIpc) is 2.41. The minimum Gasteiger partial charge on any atom is -0.465 e. The molecule has 0 unspecified atom stereocenters. The van der Waals surface area contributed by atoms with Crippen molar-refractivity contribution >= 4 is 5.97 Å². The minimum atomic E-state index is -0.421. The molecule has 0 aliphatic carbocycles. The first-order chi connectivity index (χ1) is 9.11. The van der Waals surface area contributed by atoms with E-state index in [9.17, 15) is 9.59 Å². The van der Waals surface area contributed by atoms with E-state index < -0.39 is 5.97 Å². The van der Waals surface area contributed by atoms with E-state index in [2.05, 4.69) is 5.10 Å². The lowest BCUT2D eigenvalue weighted by atomic mass is 10.1. The van der Waals surface area contributed by atoms with Crippen molar-refractivity contribution in [3.8, 4) is 0 Å². The van der Waals surface area contributed by atoms with Crippen molar-refractivity contribution in [2.24, 2.45) is 0 Å². The summed E-state index contributed by atoms with van der Waals surface area (Å²) in [5.41, 5.74) is 1.76. The number of hydrogen-bond donors (Lipinski definition) is 0. The highest BCUT2D eigenvalue weighted by Gasteiger charge is 2.11. The zero-order valence-electron chi connectivity index (χ0n) is 10.8. The molecular formula is C14H14N2O3.